The highest BCUT2D eigenvalue weighted by Crippen LogP contribution is 2.24. The second kappa shape index (κ2) is 6.36. The van der Waals surface area contributed by atoms with Crippen molar-refractivity contribution < 1.29 is 22.5 Å². The molecule has 2 aromatic carbocycles. The summed E-state index contributed by atoms with van der Waals surface area (Å²) < 4.78 is 36.9. The number of sulfone groups is 1. The lowest BCUT2D eigenvalue weighted by molar-refractivity contribution is -0.385. The van der Waals surface area contributed by atoms with Crippen LogP contribution in [0.4, 0.5) is 15.8 Å². The molecule has 1 amide bonds. The number of amides is 1. The normalized spacial score (nSPS) is 11.1. The number of carbonyl (C=O) groups is 1. The van der Waals surface area contributed by atoms with Crippen LogP contribution in [0.2, 0.25) is 0 Å². The van der Waals surface area contributed by atoms with Crippen LogP contribution in [0, 0.1) is 22.9 Å². The predicted molar refractivity (Wildman–Crippen MR) is 85.3 cm³/mol. The van der Waals surface area contributed by atoms with Crippen LogP contribution < -0.4 is 5.32 Å². The lowest BCUT2D eigenvalue weighted by Gasteiger charge is -2.10. The summed E-state index contributed by atoms with van der Waals surface area (Å²) in [5.41, 5.74) is -0.449. The summed E-state index contributed by atoms with van der Waals surface area (Å²) >= 11 is 0. The number of anilines is 1. The van der Waals surface area contributed by atoms with E-state index >= 15 is 0 Å². The maximum absolute atomic E-state index is 13.8. The zero-order chi connectivity index (χ0) is 18.1. The van der Waals surface area contributed by atoms with Crippen LogP contribution in [-0.2, 0) is 9.84 Å². The molecule has 24 heavy (non-hydrogen) atoms. The Hall–Kier alpha value is -2.81. The highest BCUT2D eigenvalue weighted by Gasteiger charge is 2.19. The number of nitro groups is 1. The molecule has 0 aliphatic rings. The van der Waals surface area contributed by atoms with E-state index in [0.717, 1.165) is 24.5 Å². The number of hydrogen-bond acceptors (Lipinski definition) is 5. The van der Waals surface area contributed by atoms with Crippen molar-refractivity contribution in [2.75, 3.05) is 11.6 Å². The van der Waals surface area contributed by atoms with Crippen molar-refractivity contribution in [1.82, 2.24) is 0 Å². The summed E-state index contributed by atoms with van der Waals surface area (Å²) in [6, 6.07) is 6.94. The third-order valence-corrected chi connectivity index (χ3v) is 4.47. The van der Waals surface area contributed by atoms with Gasteiger partial charge in [0.2, 0.25) is 0 Å². The minimum absolute atomic E-state index is 0.00615. The SMILES string of the molecule is Cc1c(C(=O)Nc2cc(S(C)(=O)=O)ccc2F)cccc1[N+](=O)[O-]. The lowest BCUT2D eigenvalue weighted by Crippen LogP contribution is -2.15. The van der Waals surface area contributed by atoms with Gasteiger partial charge in [-0.2, -0.15) is 0 Å². The van der Waals surface area contributed by atoms with Crippen LogP contribution in [0.5, 0.6) is 0 Å². The minimum atomic E-state index is -3.58. The standard InChI is InChI=1S/C15H13FN2O5S/c1-9-11(4-3-5-14(9)18(20)21)15(19)17-13-8-10(24(2,22)23)6-7-12(13)16/h3-8H,1-2H3,(H,17,19). The number of hydrogen-bond donors (Lipinski definition) is 1. The van der Waals surface area contributed by atoms with Gasteiger partial charge in [-0.05, 0) is 31.2 Å². The van der Waals surface area contributed by atoms with Gasteiger partial charge >= 0.3 is 0 Å². The van der Waals surface area contributed by atoms with E-state index in [2.05, 4.69) is 5.32 Å². The number of rotatable bonds is 4. The van der Waals surface area contributed by atoms with Gasteiger partial charge in [-0.15, -0.1) is 0 Å². The topological polar surface area (TPSA) is 106 Å². The molecular formula is C15H13FN2O5S. The molecule has 0 saturated carbocycles. The quantitative estimate of drug-likeness (QED) is 0.517. The number of nitro benzene ring substituents is 1. The van der Waals surface area contributed by atoms with Crippen LogP contribution >= 0.6 is 0 Å². The average Bonchev–Trinajstić information content (AvgIpc) is 2.48. The molecular weight excluding hydrogens is 339 g/mol. The lowest BCUT2D eigenvalue weighted by atomic mass is 10.1. The molecule has 0 unspecified atom stereocenters. The Bertz CT molecular complexity index is 941. The number of benzene rings is 2. The molecule has 0 heterocycles. The van der Waals surface area contributed by atoms with Crippen molar-refractivity contribution in [3.05, 3.63) is 63.5 Å². The van der Waals surface area contributed by atoms with Crippen molar-refractivity contribution in [2.24, 2.45) is 0 Å². The summed E-state index contributed by atoms with van der Waals surface area (Å²) in [6.07, 6.45) is 0.955. The molecule has 0 saturated heterocycles. The number of halogens is 1. The summed E-state index contributed by atoms with van der Waals surface area (Å²) in [5, 5.41) is 13.2. The Morgan fingerprint density at radius 2 is 1.92 bits per heavy atom. The van der Waals surface area contributed by atoms with E-state index in [1.54, 1.807) is 0 Å². The summed E-state index contributed by atoms with van der Waals surface area (Å²) in [5.74, 6) is -1.60. The molecule has 0 spiro atoms. The van der Waals surface area contributed by atoms with Crippen LogP contribution in [0.1, 0.15) is 15.9 Å². The second-order valence-corrected chi connectivity index (χ2v) is 7.09. The van der Waals surface area contributed by atoms with E-state index in [-0.39, 0.29) is 27.4 Å². The zero-order valence-corrected chi connectivity index (χ0v) is 13.6. The molecule has 0 aromatic heterocycles. The average molecular weight is 352 g/mol. The van der Waals surface area contributed by atoms with Crippen molar-refractivity contribution >= 4 is 27.1 Å². The first-order valence-corrected chi connectivity index (χ1v) is 8.55. The highest BCUT2D eigenvalue weighted by atomic mass is 32.2. The Balaban J connectivity index is 2.41. The fourth-order valence-electron chi connectivity index (χ4n) is 2.09. The number of nitrogens with one attached hydrogen (secondary N) is 1. The molecule has 1 N–H and O–H groups in total. The first kappa shape index (κ1) is 17.5. The van der Waals surface area contributed by atoms with Crippen molar-refractivity contribution in [1.29, 1.82) is 0 Å². The van der Waals surface area contributed by atoms with Crippen molar-refractivity contribution in [2.45, 2.75) is 11.8 Å². The van der Waals surface area contributed by atoms with Crippen molar-refractivity contribution in [3.63, 3.8) is 0 Å². The van der Waals surface area contributed by atoms with Crippen LogP contribution in [0.25, 0.3) is 0 Å². The van der Waals surface area contributed by atoms with Crippen molar-refractivity contribution in [3.8, 4) is 0 Å². The fraction of sp³-hybridized carbons (Fsp3) is 0.133. The first-order chi connectivity index (χ1) is 11.1. The van der Waals surface area contributed by atoms with Gasteiger partial charge in [0.1, 0.15) is 5.82 Å². The van der Waals surface area contributed by atoms with E-state index in [9.17, 15) is 27.7 Å². The Labute approximate surface area is 137 Å². The van der Waals surface area contributed by atoms with Gasteiger partial charge in [0, 0.05) is 23.4 Å². The van der Waals surface area contributed by atoms with Gasteiger partial charge in [-0.25, -0.2) is 12.8 Å². The Morgan fingerprint density at radius 1 is 1.25 bits per heavy atom. The van der Waals surface area contributed by atoms with Gasteiger partial charge in [0.15, 0.2) is 9.84 Å². The van der Waals surface area contributed by atoms with E-state index < -0.39 is 26.5 Å². The Kier molecular flexibility index (Phi) is 4.65. The van der Waals surface area contributed by atoms with Gasteiger partial charge in [-0.1, -0.05) is 6.07 Å². The Morgan fingerprint density at radius 3 is 2.50 bits per heavy atom. The fourth-order valence-corrected chi connectivity index (χ4v) is 2.73. The van der Waals surface area contributed by atoms with E-state index in [1.165, 1.54) is 25.1 Å². The van der Waals surface area contributed by atoms with Gasteiger partial charge in [0.05, 0.1) is 15.5 Å². The maximum atomic E-state index is 13.8. The minimum Gasteiger partial charge on any atom is -0.319 e. The highest BCUT2D eigenvalue weighted by molar-refractivity contribution is 7.90. The third kappa shape index (κ3) is 3.57. The van der Waals surface area contributed by atoms with E-state index in [4.69, 9.17) is 0 Å². The third-order valence-electron chi connectivity index (χ3n) is 3.36. The monoisotopic (exact) mass is 352 g/mol. The molecule has 126 valence electrons. The van der Waals surface area contributed by atoms with Gasteiger partial charge in [-0.3, -0.25) is 14.9 Å². The predicted octanol–water partition coefficient (Wildman–Crippen LogP) is 2.70. The van der Waals surface area contributed by atoms with Gasteiger partial charge < -0.3 is 5.32 Å². The zero-order valence-electron chi connectivity index (χ0n) is 12.7. The largest absolute Gasteiger partial charge is 0.319 e. The summed E-state index contributed by atoms with van der Waals surface area (Å²) in [6.45, 7) is 1.40. The van der Waals surface area contributed by atoms with E-state index in [0.29, 0.717) is 0 Å². The number of nitrogens with zero attached hydrogens (tertiary/aromatic N) is 1. The molecule has 2 rings (SSSR count). The molecule has 9 heteroatoms. The molecule has 0 bridgehead atoms. The van der Waals surface area contributed by atoms with Gasteiger partial charge in [0.25, 0.3) is 11.6 Å². The van der Waals surface area contributed by atoms with E-state index in [1.807, 2.05) is 0 Å². The molecule has 2 aromatic rings. The smallest absolute Gasteiger partial charge is 0.273 e. The van der Waals surface area contributed by atoms with Crippen LogP contribution in [0.15, 0.2) is 41.3 Å². The molecule has 0 aliphatic heterocycles. The second-order valence-electron chi connectivity index (χ2n) is 5.07. The van der Waals surface area contributed by atoms with Crippen LogP contribution in [-0.4, -0.2) is 25.5 Å². The summed E-state index contributed by atoms with van der Waals surface area (Å²) in [4.78, 5) is 22.4. The maximum Gasteiger partial charge on any atom is 0.273 e. The first-order valence-electron chi connectivity index (χ1n) is 6.66. The molecule has 0 fully saturated rings. The summed E-state index contributed by atoms with van der Waals surface area (Å²) in [7, 11) is -3.58. The molecule has 7 nitrogen and oxygen atoms in total. The molecule has 0 aliphatic carbocycles. The molecule has 0 atom stereocenters. The number of carbonyl (C=O) groups excluding carboxylic acids is 1. The molecule has 0 radical (unpaired) electrons. The van der Waals surface area contributed by atoms with Crippen LogP contribution in [0.3, 0.4) is 0 Å².